The fraction of sp³-hybridized carbons (Fsp3) is 0.538. The SMILES string of the molecule is CCCNCc1ccc(S(=O)(=O)NN(C)C)c(OC)c1. The van der Waals surface area contributed by atoms with Gasteiger partial charge in [-0.25, -0.2) is 13.4 Å². The van der Waals surface area contributed by atoms with Crippen LogP contribution in [0.2, 0.25) is 0 Å². The lowest BCUT2D eigenvalue weighted by Gasteiger charge is -2.15. The fourth-order valence-electron chi connectivity index (χ4n) is 1.74. The van der Waals surface area contributed by atoms with Crippen LogP contribution >= 0.6 is 0 Å². The van der Waals surface area contributed by atoms with E-state index in [-0.39, 0.29) is 4.90 Å². The van der Waals surface area contributed by atoms with Crippen molar-refractivity contribution in [2.45, 2.75) is 24.8 Å². The minimum absolute atomic E-state index is 0.132. The highest BCUT2D eigenvalue weighted by Gasteiger charge is 2.20. The normalized spacial score (nSPS) is 11.8. The predicted octanol–water partition coefficient (Wildman–Crippen LogP) is 0.950. The van der Waals surface area contributed by atoms with Crippen LogP contribution in [0.4, 0.5) is 0 Å². The second kappa shape index (κ2) is 7.58. The average Bonchev–Trinajstić information content (AvgIpc) is 2.37. The van der Waals surface area contributed by atoms with Crippen molar-refractivity contribution < 1.29 is 13.2 Å². The molecule has 0 aliphatic heterocycles. The van der Waals surface area contributed by atoms with Gasteiger partial charge in [-0.3, -0.25) is 0 Å². The lowest BCUT2D eigenvalue weighted by molar-refractivity contribution is 0.360. The molecule has 0 fully saturated rings. The van der Waals surface area contributed by atoms with Crippen molar-refractivity contribution in [3.8, 4) is 5.75 Å². The second-order valence-electron chi connectivity index (χ2n) is 4.65. The minimum Gasteiger partial charge on any atom is -0.495 e. The molecule has 1 rings (SSSR count). The van der Waals surface area contributed by atoms with E-state index in [2.05, 4.69) is 17.1 Å². The Labute approximate surface area is 121 Å². The Morgan fingerprint density at radius 1 is 1.30 bits per heavy atom. The van der Waals surface area contributed by atoms with Gasteiger partial charge in [0.25, 0.3) is 10.0 Å². The Kier molecular flexibility index (Phi) is 6.41. The Hall–Kier alpha value is -1.15. The molecule has 0 spiro atoms. The van der Waals surface area contributed by atoms with E-state index in [1.165, 1.54) is 12.1 Å². The molecule has 0 amide bonds. The van der Waals surface area contributed by atoms with Crippen molar-refractivity contribution in [2.75, 3.05) is 27.7 Å². The molecule has 0 saturated heterocycles. The molecule has 0 unspecified atom stereocenters. The van der Waals surface area contributed by atoms with Gasteiger partial charge in [0, 0.05) is 20.6 Å². The van der Waals surface area contributed by atoms with Crippen molar-refractivity contribution >= 4 is 10.0 Å². The van der Waals surface area contributed by atoms with E-state index in [1.807, 2.05) is 0 Å². The number of methoxy groups -OCH3 is 1. The average molecular weight is 301 g/mol. The Morgan fingerprint density at radius 2 is 2.00 bits per heavy atom. The summed E-state index contributed by atoms with van der Waals surface area (Å²) in [4.78, 5) is 2.52. The van der Waals surface area contributed by atoms with Gasteiger partial charge < -0.3 is 10.1 Å². The second-order valence-corrected chi connectivity index (χ2v) is 6.28. The Morgan fingerprint density at radius 3 is 2.55 bits per heavy atom. The summed E-state index contributed by atoms with van der Waals surface area (Å²) in [6.45, 7) is 3.70. The summed E-state index contributed by atoms with van der Waals surface area (Å²) in [5, 5.41) is 4.64. The molecule has 7 heteroatoms. The van der Waals surface area contributed by atoms with E-state index in [4.69, 9.17) is 4.74 Å². The first-order chi connectivity index (χ1) is 9.40. The molecule has 0 atom stereocenters. The van der Waals surface area contributed by atoms with Gasteiger partial charge >= 0.3 is 0 Å². The number of hydrogen-bond donors (Lipinski definition) is 2. The molecular weight excluding hydrogens is 278 g/mol. The van der Waals surface area contributed by atoms with Gasteiger partial charge in [0.05, 0.1) is 7.11 Å². The van der Waals surface area contributed by atoms with Gasteiger partial charge in [0.15, 0.2) is 0 Å². The molecule has 1 aromatic rings. The third-order valence-electron chi connectivity index (χ3n) is 2.58. The zero-order chi connectivity index (χ0) is 15.2. The van der Waals surface area contributed by atoms with Gasteiger partial charge in [-0.2, -0.15) is 0 Å². The van der Waals surface area contributed by atoms with Crippen LogP contribution in [0.5, 0.6) is 5.75 Å². The van der Waals surface area contributed by atoms with E-state index in [0.717, 1.165) is 18.5 Å². The molecule has 0 heterocycles. The van der Waals surface area contributed by atoms with Crippen molar-refractivity contribution in [1.82, 2.24) is 15.2 Å². The number of hydrogen-bond acceptors (Lipinski definition) is 5. The lowest BCUT2D eigenvalue weighted by atomic mass is 10.2. The van der Waals surface area contributed by atoms with E-state index in [0.29, 0.717) is 12.3 Å². The summed E-state index contributed by atoms with van der Waals surface area (Å²) >= 11 is 0. The maximum atomic E-state index is 12.1. The van der Waals surface area contributed by atoms with Gasteiger partial charge in [0.1, 0.15) is 10.6 Å². The summed E-state index contributed by atoms with van der Waals surface area (Å²) in [5.41, 5.74) is 0.985. The summed E-state index contributed by atoms with van der Waals surface area (Å²) in [5.74, 6) is 0.343. The van der Waals surface area contributed by atoms with Crippen LogP contribution in [-0.2, 0) is 16.6 Å². The summed E-state index contributed by atoms with van der Waals surface area (Å²) in [6.07, 6.45) is 1.05. The van der Waals surface area contributed by atoms with Crippen LogP contribution in [0.3, 0.4) is 0 Å². The largest absolute Gasteiger partial charge is 0.495 e. The van der Waals surface area contributed by atoms with E-state index in [1.54, 1.807) is 32.3 Å². The number of ether oxygens (including phenoxy) is 1. The van der Waals surface area contributed by atoms with Gasteiger partial charge in [-0.1, -0.05) is 13.0 Å². The van der Waals surface area contributed by atoms with Gasteiger partial charge in [-0.05, 0) is 30.7 Å². The summed E-state index contributed by atoms with van der Waals surface area (Å²) in [7, 11) is 1.09. The Bertz CT molecular complexity index is 530. The number of sulfonamides is 1. The molecule has 114 valence electrons. The predicted molar refractivity (Wildman–Crippen MR) is 79.0 cm³/mol. The molecule has 0 radical (unpaired) electrons. The van der Waals surface area contributed by atoms with Crippen LogP contribution in [-0.4, -0.2) is 41.2 Å². The van der Waals surface area contributed by atoms with Crippen molar-refractivity contribution in [1.29, 1.82) is 0 Å². The highest BCUT2D eigenvalue weighted by atomic mass is 32.2. The molecule has 0 aliphatic carbocycles. The lowest BCUT2D eigenvalue weighted by Crippen LogP contribution is -2.36. The molecule has 20 heavy (non-hydrogen) atoms. The number of benzene rings is 1. The van der Waals surface area contributed by atoms with Crippen LogP contribution in [0.25, 0.3) is 0 Å². The first kappa shape index (κ1) is 16.9. The van der Waals surface area contributed by atoms with Crippen molar-refractivity contribution in [2.24, 2.45) is 0 Å². The standard InChI is InChI=1S/C13H23N3O3S/c1-5-8-14-10-11-6-7-13(12(9-11)19-4)20(17,18)15-16(2)3/h6-7,9,14-15H,5,8,10H2,1-4H3. The molecule has 1 aromatic carbocycles. The third-order valence-corrected chi connectivity index (χ3v) is 4.10. The van der Waals surface area contributed by atoms with Crippen LogP contribution < -0.4 is 14.9 Å². The molecule has 0 aliphatic rings. The monoisotopic (exact) mass is 301 g/mol. The molecule has 0 saturated carbocycles. The van der Waals surface area contributed by atoms with Crippen molar-refractivity contribution in [3.63, 3.8) is 0 Å². The number of nitrogens with zero attached hydrogens (tertiary/aromatic N) is 1. The first-order valence-corrected chi connectivity index (χ1v) is 7.96. The fourth-order valence-corrected chi connectivity index (χ4v) is 2.98. The highest BCUT2D eigenvalue weighted by molar-refractivity contribution is 7.89. The quantitative estimate of drug-likeness (QED) is 0.552. The highest BCUT2D eigenvalue weighted by Crippen LogP contribution is 2.24. The molecule has 6 nitrogen and oxygen atoms in total. The van der Waals surface area contributed by atoms with E-state index >= 15 is 0 Å². The van der Waals surface area contributed by atoms with E-state index in [9.17, 15) is 8.42 Å². The molecule has 0 bridgehead atoms. The summed E-state index contributed by atoms with van der Waals surface area (Å²) in [6, 6.07) is 5.09. The van der Waals surface area contributed by atoms with Crippen LogP contribution in [0.15, 0.2) is 23.1 Å². The maximum absolute atomic E-state index is 12.1. The van der Waals surface area contributed by atoms with Crippen LogP contribution in [0.1, 0.15) is 18.9 Å². The Balaban J connectivity index is 2.99. The van der Waals surface area contributed by atoms with Crippen molar-refractivity contribution in [3.05, 3.63) is 23.8 Å². The van der Waals surface area contributed by atoms with Gasteiger partial charge in [-0.15, -0.1) is 4.83 Å². The summed E-state index contributed by atoms with van der Waals surface area (Å²) < 4.78 is 29.5. The molecule has 2 N–H and O–H groups in total. The molecule has 0 aromatic heterocycles. The maximum Gasteiger partial charge on any atom is 0.257 e. The zero-order valence-corrected chi connectivity index (χ0v) is 13.3. The number of rotatable bonds is 8. The minimum atomic E-state index is -3.61. The van der Waals surface area contributed by atoms with E-state index < -0.39 is 10.0 Å². The first-order valence-electron chi connectivity index (χ1n) is 6.48. The number of hydrazine groups is 1. The van der Waals surface area contributed by atoms with Crippen LogP contribution in [0, 0.1) is 0 Å². The van der Waals surface area contributed by atoms with Gasteiger partial charge in [0.2, 0.25) is 0 Å². The smallest absolute Gasteiger partial charge is 0.257 e. The zero-order valence-electron chi connectivity index (χ0n) is 12.4. The topological polar surface area (TPSA) is 70.7 Å². The third kappa shape index (κ3) is 4.75. The molecular formula is C13H23N3O3S. The number of nitrogens with one attached hydrogen (secondary N) is 2.